The van der Waals surface area contributed by atoms with Crippen LogP contribution < -0.4 is 37.6 Å². The molecule has 9 N–H and O–H groups in total. The van der Waals surface area contributed by atoms with Crippen molar-refractivity contribution in [2.45, 2.75) is 112 Å². The van der Waals surface area contributed by atoms with Crippen molar-refractivity contribution >= 4 is 60.9 Å². The molecule has 1 rings (SSSR count). The van der Waals surface area contributed by atoms with E-state index in [0.717, 1.165) is 50.7 Å². The number of aliphatic carboxylic acids is 1. The summed E-state index contributed by atoms with van der Waals surface area (Å²) in [4.78, 5) is 96.5. The summed E-state index contributed by atoms with van der Waals surface area (Å²) < 4.78 is 15.6. The van der Waals surface area contributed by atoms with Gasteiger partial charge in [0.2, 0.25) is 36.4 Å². The standard InChI is InChI=1S/C23H36N4O7.C8H17NO.C5H11NO.C4H10N2O.C3H6O2.CH2O/c1-17(2)22(27-20(29)8-10-33-12-13-34-11-9-24-16-28)23(31)25-14-21(30)26-19-6-4-18(5-7-19)15-32-3;1-3-5-6-7-8(10)9-4-2;1-3-4-6(2)5-7;1-2-3-6-4(5)7;1-2-3(4)5;1-2/h4-7,16-17,22H,8-15H2,1-3H3,(H,24,28)(H,25,31)(H,26,30)(H,27,29);3-7H2,1-2H3,(H,9,10);5H,3-4H2,1-2H3;2-3H2,1H3,(H3,5,6,7);2H2,1H3,(H,4,5);1H2. The summed E-state index contributed by atoms with van der Waals surface area (Å²) in [6.45, 7) is 19.5. The molecule has 8 amide bonds. The van der Waals surface area contributed by atoms with Gasteiger partial charge in [-0.2, -0.15) is 0 Å². The molecule has 0 saturated carbocycles. The number of carboxylic acid groups (broad SMARTS) is 1. The number of carboxylic acids is 1. The van der Waals surface area contributed by atoms with E-state index < -0.39 is 23.9 Å². The predicted octanol–water partition coefficient (Wildman–Crippen LogP) is 2.75. The van der Waals surface area contributed by atoms with E-state index in [2.05, 4.69) is 38.8 Å². The van der Waals surface area contributed by atoms with E-state index in [4.69, 9.17) is 29.8 Å². The fraction of sp³-hybridized carbons (Fsp3) is 0.659. The van der Waals surface area contributed by atoms with Gasteiger partial charge in [0.1, 0.15) is 12.8 Å². The smallest absolute Gasteiger partial charge is 0.312 e. The van der Waals surface area contributed by atoms with Gasteiger partial charge in [0.25, 0.3) is 0 Å². The molecule has 21 heteroatoms. The van der Waals surface area contributed by atoms with Crippen LogP contribution in [0.25, 0.3) is 0 Å². The molecule has 376 valence electrons. The van der Waals surface area contributed by atoms with Crippen LogP contribution in [-0.4, -0.2) is 145 Å². The average molecular weight is 931 g/mol. The maximum absolute atomic E-state index is 12.5. The molecule has 0 aliphatic heterocycles. The van der Waals surface area contributed by atoms with Gasteiger partial charge in [0.15, 0.2) is 0 Å². The summed E-state index contributed by atoms with van der Waals surface area (Å²) in [5, 5.41) is 23.4. The lowest BCUT2D eigenvalue weighted by Gasteiger charge is -2.21. The zero-order chi connectivity index (χ0) is 50.7. The van der Waals surface area contributed by atoms with Crippen LogP contribution in [-0.2, 0) is 59.2 Å². The molecule has 0 radical (unpaired) electrons. The van der Waals surface area contributed by atoms with Crippen molar-refractivity contribution in [1.29, 1.82) is 0 Å². The summed E-state index contributed by atoms with van der Waals surface area (Å²) in [6.07, 6.45) is 7.78. The molecule has 21 nitrogen and oxygen atoms in total. The Morgan fingerprint density at radius 3 is 1.82 bits per heavy atom. The Kier molecular flexibility index (Phi) is 55.4. The molecular weight excluding hydrogens is 849 g/mol. The van der Waals surface area contributed by atoms with Crippen LogP contribution in [0.1, 0.15) is 105 Å². The van der Waals surface area contributed by atoms with Crippen molar-refractivity contribution in [1.82, 2.24) is 31.5 Å². The van der Waals surface area contributed by atoms with Crippen LogP contribution in [0.3, 0.4) is 0 Å². The lowest BCUT2D eigenvalue weighted by molar-refractivity contribution is -0.136. The Hall–Kier alpha value is -5.67. The minimum atomic E-state index is -0.776. The number of unbranched alkanes of at least 4 members (excludes halogenated alkanes) is 2. The summed E-state index contributed by atoms with van der Waals surface area (Å²) in [7, 11) is 3.38. The maximum atomic E-state index is 12.5. The molecule has 1 unspecified atom stereocenters. The third-order valence-electron chi connectivity index (χ3n) is 7.55. The first-order chi connectivity index (χ1) is 31.0. The maximum Gasteiger partial charge on any atom is 0.312 e. The molecule has 0 spiro atoms. The van der Waals surface area contributed by atoms with E-state index >= 15 is 0 Å². The van der Waals surface area contributed by atoms with Crippen LogP contribution in [0.15, 0.2) is 24.3 Å². The van der Waals surface area contributed by atoms with Crippen LogP contribution in [0, 0.1) is 5.92 Å². The highest BCUT2D eigenvalue weighted by atomic mass is 16.5. The number of carbonyl (C=O) groups excluding carboxylic acids is 8. The Balaban J connectivity index is -0.000000310. The zero-order valence-corrected chi connectivity index (χ0v) is 40.4. The highest BCUT2D eigenvalue weighted by Crippen LogP contribution is 2.10. The number of rotatable bonds is 29. The Morgan fingerprint density at radius 1 is 0.785 bits per heavy atom. The first kappa shape index (κ1) is 68.4. The van der Waals surface area contributed by atoms with Gasteiger partial charge >= 0.3 is 12.0 Å². The van der Waals surface area contributed by atoms with Gasteiger partial charge in [0.05, 0.1) is 39.6 Å². The number of nitrogens with two attached hydrogens (primary N) is 1. The van der Waals surface area contributed by atoms with E-state index in [0.29, 0.717) is 58.0 Å². The van der Waals surface area contributed by atoms with Crippen molar-refractivity contribution in [2.75, 3.05) is 78.6 Å². The van der Waals surface area contributed by atoms with Crippen molar-refractivity contribution in [3.05, 3.63) is 29.8 Å². The number of benzene rings is 1. The van der Waals surface area contributed by atoms with Gasteiger partial charge in [-0.05, 0) is 49.8 Å². The van der Waals surface area contributed by atoms with Crippen molar-refractivity contribution in [3.63, 3.8) is 0 Å². The molecule has 0 fully saturated rings. The number of nitrogens with one attached hydrogen (secondary N) is 6. The SMILES string of the molecule is C=O.CCC(=O)O.CCCCCC(=O)NCC.CCCN(C)C=O.CCCNC(N)=O.COCc1ccc(NC(=O)CNC(=O)C(NC(=O)CCOCCOCCNC=O)C(C)C)cc1. The number of carbonyl (C=O) groups is 9. The molecule has 0 saturated heterocycles. The van der Waals surface area contributed by atoms with Crippen LogP contribution in [0.5, 0.6) is 0 Å². The summed E-state index contributed by atoms with van der Waals surface area (Å²) in [6, 6.07) is 5.97. The molecule has 1 atom stereocenters. The minimum Gasteiger partial charge on any atom is -0.481 e. The summed E-state index contributed by atoms with van der Waals surface area (Å²) in [5.41, 5.74) is 6.31. The highest BCUT2D eigenvalue weighted by Gasteiger charge is 2.24. The van der Waals surface area contributed by atoms with E-state index in [1.165, 1.54) is 6.42 Å². The molecule has 0 aliphatic rings. The third kappa shape index (κ3) is 54.4. The van der Waals surface area contributed by atoms with Crippen LogP contribution >= 0.6 is 0 Å². The normalized spacial score (nSPS) is 9.88. The minimum absolute atomic E-state index is 0.0861. The number of methoxy groups -OCH3 is 1. The van der Waals surface area contributed by atoms with Crippen LogP contribution in [0.4, 0.5) is 10.5 Å². The van der Waals surface area contributed by atoms with E-state index in [9.17, 15) is 38.4 Å². The van der Waals surface area contributed by atoms with E-state index in [-0.39, 0.29) is 49.6 Å². The van der Waals surface area contributed by atoms with E-state index in [1.807, 2.05) is 39.7 Å². The highest BCUT2D eigenvalue weighted by molar-refractivity contribution is 5.96. The summed E-state index contributed by atoms with van der Waals surface area (Å²) in [5.74, 6) is -1.87. The number of anilines is 1. The number of nitrogens with zero attached hydrogens (tertiary/aromatic N) is 1. The molecule has 0 aliphatic carbocycles. The molecule has 65 heavy (non-hydrogen) atoms. The predicted molar refractivity (Wildman–Crippen MR) is 251 cm³/mol. The molecular formula is C44H82N8O13. The van der Waals surface area contributed by atoms with Gasteiger partial charge in [-0.1, -0.05) is 66.5 Å². The van der Waals surface area contributed by atoms with Gasteiger partial charge in [-0.3, -0.25) is 33.6 Å². The number of amides is 8. The van der Waals surface area contributed by atoms with Crippen LogP contribution in [0.2, 0.25) is 0 Å². The lowest BCUT2D eigenvalue weighted by Crippen LogP contribution is -2.51. The third-order valence-corrected chi connectivity index (χ3v) is 7.55. The van der Waals surface area contributed by atoms with Crippen molar-refractivity contribution < 1.29 is 62.5 Å². The number of hydrogen-bond donors (Lipinski definition) is 8. The van der Waals surface area contributed by atoms with E-state index in [1.54, 1.807) is 52.0 Å². The number of ether oxygens (including phenoxy) is 3. The topological polar surface area (TPSA) is 303 Å². The largest absolute Gasteiger partial charge is 0.481 e. The second kappa shape index (κ2) is 52.7. The van der Waals surface area contributed by atoms with Gasteiger partial charge in [-0.15, -0.1) is 0 Å². The zero-order valence-electron chi connectivity index (χ0n) is 40.4. The molecule has 1 aromatic carbocycles. The molecule has 0 bridgehead atoms. The fourth-order valence-electron chi connectivity index (χ4n) is 4.27. The Morgan fingerprint density at radius 2 is 1.38 bits per heavy atom. The average Bonchev–Trinajstić information content (AvgIpc) is 3.28. The number of primary amides is 1. The second-order valence-corrected chi connectivity index (χ2v) is 13.8. The Bertz CT molecular complexity index is 1360. The Labute approximate surface area is 386 Å². The first-order valence-electron chi connectivity index (χ1n) is 21.8. The fourth-order valence-corrected chi connectivity index (χ4v) is 4.27. The molecule has 0 aromatic heterocycles. The second-order valence-electron chi connectivity index (χ2n) is 13.8. The van der Waals surface area contributed by atoms with Gasteiger partial charge in [-0.25, -0.2) is 4.79 Å². The van der Waals surface area contributed by atoms with Gasteiger partial charge in [0, 0.05) is 65.3 Å². The number of hydrogen-bond acceptors (Lipinski definition) is 12. The molecule has 1 aromatic rings. The first-order valence-corrected chi connectivity index (χ1v) is 21.8. The quantitative estimate of drug-likeness (QED) is 0.0424. The summed E-state index contributed by atoms with van der Waals surface area (Å²) >= 11 is 0. The van der Waals surface area contributed by atoms with Crippen molar-refractivity contribution in [3.8, 4) is 0 Å². The van der Waals surface area contributed by atoms with Gasteiger partial charge < -0.3 is 66.6 Å². The number of urea groups is 1. The lowest BCUT2D eigenvalue weighted by atomic mass is 10.0. The van der Waals surface area contributed by atoms with Crippen molar-refractivity contribution in [2.24, 2.45) is 11.7 Å². The molecule has 0 heterocycles. The monoisotopic (exact) mass is 931 g/mol.